The number of halogens is 3. The third-order valence-corrected chi connectivity index (χ3v) is 4.81. The highest BCUT2D eigenvalue weighted by atomic mass is 19.4. The van der Waals surface area contributed by atoms with Crippen LogP contribution in [0.2, 0.25) is 0 Å². The molecular formula is C20H27F3N4O4. The number of amides is 1. The topological polar surface area (TPSA) is 96.2 Å². The molecule has 1 fully saturated rings. The highest BCUT2D eigenvalue weighted by Gasteiger charge is 2.38. The van der Waals surface area contributed by atoms with Crippen LogP contribution in [0.4, 0.5) is 13.2 Å². The third-order valence-electron chi connectivity index (χ3n) is 4.81. The van der Waals surface area contributed by atoms with Crippen LogP contribution in [0, 0.1) is 0 Å². The van der Waals surface area contributed by atoms with Crippen molar-refractivity contribution in [3.05, 3.63) is 35.9 Å². The Labute approximate surface area is 178 Å². The van der Waals surface area contributed by atoms with Crippen molar-refractivity contribution >= 4 is 17.4 Å². The van der Waals surface area contributed by atoms with Gasteiger partial charge in [-0.2, -0.15) is 13.2 Å². The molecule has 31 heavy (non-hydrogen) atoms. The number of hydrogen-bond donors (Lipinski definition) is 2. The van der Waals surface area contributed by atoms with Crippen LogP contribution in [0.1, 0.15) is 48.5 Å². The summed E-state index contributed by atoms with van der Waals surface area (Å²) >= 11 is 0. The lowest BCUT2D eigenvalue weighted by molar-refractivity contribution is -0.192. The first-order chi connectivity index (χ1) is 14.7. The Morgan fingerprint density at radius 2 is 2.06 bits per heavy atom. The number of aromatic nitrogens is 2. The quantitative estimate of drug-likeness (QED) is 0.638. The van der Waals surface area contributed by atoms with E-state index >= 15 is 0 Å². The van der Waals surface area contributed by atoms with Gasteiger partial charge in [0, 0.05) is 26.0 Å². The minimum Gasteiger partial charge on any atom is -0.475 e. The molecule has 2 aromatic heterocycles. The molecule has 0 saturated carbocycles. The van der Waals surface area contributed by atoms with Gasteiger partial charge in [0.1, 0.15) is 5.82 Å². The number of aliphatic carboxylic acids is 1. The number of carbonyl (C=O) groups excluding carboxylic acids is 1. The van der Waals surface area contributed by atoms with Gasteiger partial charge in [0.25, 0.3) is 5.91 Å². The lowest BCUT2D eigenvalue weighted by Gasteiger charge is -2.17. The lowest BCUT2D eigenvalue weighted by Crippen LogP contribution is -2.26. The van der Waals surface area contributed by atoms with E-state index in [1.165, 1.54) is 6.42 Å². The summed E-state index contributed by atoms with van der Waals surface area (Å²) in [6, 6.07) is 6.17. The molecule has 2 aromatic rings. The molecule has 3 rings (SSSR count). The van der Waals surface area contributed by atoms with E-state index in [1.54, 1.807) is 0 Å². The van der Waals surface area contributed by atoms with Crippen molar-refractivity contribution < 1.29 is 32.6 Å². The van der Waals surface area contributed by atoms with E-state index in [2.05, 4.69) is 21.7 Å². The predicted octanol–water partition coefficient (Wildman–Crippen LogP) is 2.89. The summed E-state index contributed by atoms with van der Waals surface area (Å²) in [5, 5.41) is 10.1. The van der Waals surface area contributed by atoms with Crippen LogP contribution in [0.3, 0.4) is 0 Å². The van der Waals surface area contributed by atoms with Gasteiger partial charge in [0.2, 0.25) is 0 Å². The molecule has 0 aliphatic carbocycles. The molecule has 0 aromatic carbocycles. The zero-order valence-corrected chi connectivity index (χ0v) is 17.5. The molecular weight excluding hydrogens is 417 g/mol. The molecule has 11 heteroatoms. The molecule has 1 unspecified atom stereocenters. The van der Waals surface area contributed by atoms with Gasteiger partial charge in [-0.1, -0.05) is 6.07 Å². The summed E-state index contributed by atoms with van der Waals surface area (Å²) in [4.78, 5) is 28.5. The fraction of sp³-hybridized carbons (Fsp3) is 0.550. The Kier molecular flexibility index (Phi) is 8.81. The molecule has 0 radical (unpaired) electrons. The van der Waals surface area contributed by atoms with Gasteiger partial charge in [0.15, 0.2) is 5.69 Å². The Morgan fingerprint density at radius 3 is 2.65 bits per heavy atom. The molecule has 8 nitrogen and oxygen atoms in total. The van der Waals surface area contributed by atoms with E-state index in [0.717, 1.165) is 30.7 Å². The Balaban J connectivity index is 0.000000423. The first-order valence-corrected chi connectivity index (χ1v) is 10.00. The zero-order valence-electron chi connectivity index (χ0n) is 17.5. The largest absolute Gasteiger partial charge is 0.490 e. The van der Waals surface area contributed by atoms with Crippen molar-refractivity contribution in [1.82, 2.24) is 19.6 Å². The van der Waals surface area contributed by atoms with Crippen LogP contribution in [0.5, 0.6) is 0 Å². The number of pyridine rings is 1. The molecule has 2 N–H and O–H groups in total. The summed E-state index contributed by atoms with van der Waals surface area (Å²) in [6.07, 6.45) is -0.0267. The fourth-order valence-electron chi connectivity index (χ4n) is 3.30. The number of nitrogens with one attached hydrogen (secondary N) is 1. The minimum atomic E-state index is -5.08. The molecule has 0 bridgehead atoms. The van der Waals surface area contributed by atoms with Crippen molar-refractivity contribution in [3.63, 3.8) is 0 Å². The number of hydrogen-bond acceptors (Lipinski definition) is 5. The maximum Gasteiger partial charge on any atom is 0.490 e. The number of carboxylic acid groups (broad SMARTS) is 1. The first-order valence-electron chi connectivity index (χ1n) is 10.00. The van der Waals surface area contributed by atoms with Gasteiger partial charge in [-0.25, -0.2) is 9.78 Å². The van der Waals surface area contributed by atoms with E-state index in [4.69, 9.17) is 19.6 Å². The number of imidazole rings is 1. The van der Waals surface area contributed by atoms with E-state index in [9.17, 15) is 18.0 Å². The van der Waals surface area contributed by atoms with Crippen LogP contribution in [-0.2, 0) is 9.53 Å². The van der Waals surface area contributed by atoms with Crippen molar-refractivity contribution in [2.75, 3.05) is 33.4 Å². The average molecular weight is 444 g/mol. The summed E-state index contributed by atoms with van der Waals surface area (Å²) < 4.78 is 39.1. The highest BCUT2D eigenvalue weighted by Crippen LogP contribution is 2.31. The summed E-state index contributed by atoms with van der Waals surface area (Å²) in [7, 11) is 2.12. The second kappa shape index (κ2) is 11.1. The van der Waals surface area contributed by atoms with E-state index < -0.39 is 12.1 Å². The normalized spacial score (nSPS) is 16.7. The van der Waals surface area contributed by atoms with Crippen molar-refractivity contribution in [2.24, 2.45) is 0 Å². The van der Waals surface area contributed by atoms with E-state index in [-0.39, 0.29) is 11.9 Å². The maximum atomic E-state index is 12.6. The number of ether oxygens (including phenoxy) is 1. The molecule has 1 saturated heterocycles. The molecule has 3 heterocycles. The Morgan fingerprint density at radius 1 is 1.35 bits per heavy atom. The Bertz CT molecular complexity index is 885. The second-order valence-electron chi connectivity index (χ2n) is 7.02. The monoisotopic (exact) mass is 444 g/mol. The maximum absolute atomic E-state index is 12.6. The molecule has 1 amide bonds. The van der Waals surface area contributed by atoms with Gasteiger partial charge in [-0.15, -0.1) is 0 Å². The van der Waals surface area contributed by atoms with Crippen LogP contribution >= 0.6 is 0 Å². The van der Waals surface area contributed by atoms with E-state index in [0.29, 0.717) is 25.5 Å². The van der Waals surface area contributed by atoms with E-state index in [1.807, 2.05) is 31.3 Å². The van der Waals surface area contributed by atoms with Crippen LogP contribution < -0.4 is 5.32 Å². The number of rotatable bonds is 7. The van der Waals surface area contributed by atoms with Crippen LogP contribution in [-0.4, -0.2) is 70.8 Å². The SMILES string of the molecule is CCOCCCNC(=O)c1nc(C2CCCN2C)n2ccccc12.O=C(O)C(F)(F)F. The standard InChI is InChI=1S/C18H26N4O2.C2HF3O2/c1-3-24-13-7-10-19-18(23)16-14-8-4-5-12-22(14)17(20-16)15-9-6-11-21(15)2;3-2(4,5)1(6)7/h4-5,8,12,15H,3,6-7,9-11,13H2,1-2H3,(H,19,23);(H,6,7). The number of nitrogens with zero attached hydrogens (tertiary/aromatic N) is 3. The van der Waals surface area contributed by atoms with Crippen molar-refractivity contribution in [1.29, 1.82) is 0 Å². The molecule has 1 aliphatic rings. The second-order valence-corrected chi connectivity index (χ2v) is 7.02. The van der Waals surface area contributed by atoms with Gasteiger partial charge in [0.05, 0.1) is 11.6 Å². The number of likely N-dealkylation sites (tertiary alicyclic amines) is 1. The predicted molar refractivity (Wildman–Crippen MR) is 107 cm³/mol. The van der Waals surface area contributed by atoms with Gasteiger partial charge >= 0.3 is 12.1 Å². The van der Waals surface area contributed by atoms with Crippen molar-refractivity contribution in [3.8, 4) is 0 Å². The fourth-order valence-corrected chi connectivity index (χ4v) is 3.30. The smallest absolute Gasteiger partial charge is 0.475 e. The number of alkyl halides is 3. The summed E-state index contributed by atoms with van der Waals surface area (Å²) in [5.74, 6) is -1.90. The zero-order chi connectivity index (χ0) is 23.0. The number of fused-ring (bicyclic) bond motifs is 1. The molecule has 1 atom stereocenters. The molecule has 172 valence electrons. The van der Waals surface area contributed by atoms with Gasteiger partial charge < -0.3 is 19.6 Å². The van der Waals surface area contributed by atoms with Crippen molar-refractivity contribution in [2.45, 2.75) is 38.4 Å². The summed E-state index contributed by atoms with van der Waals surface area (Å²) in [5.41, 5.74) is 1.39. The van der Waals surface area contributed by atoms with Crippen LogP contribution in [0.15, 0.2) is 24.4 Å². The Hall–Kier alpha value is -2.66. The number of carbonyl (C=O) groups is 2. The third kappa shape index (κ3) is 6.66. The first kappa shape index (κ1) is 24.6. The summed E-state index contributed by atoms with van der Waals surface area (Å²) in [6.45, 7) is 5.02. The highest BCUT2D eigenvalue weighted by molar-refractivity contribution is 5.99. The molecule has 1 aliphatic heterocycles. The minimum absolute atomic E-state index is 0.109. The van der Waals surface area contributed by atoms with Crippen LogP contribution in [0.25, 0.3) is 5.52 Å². The average Bonchev–Trinajstić information content (AvgIpc) is 3.30. The molecule has 0 spiro atoms. The lowest BCUT2D eigenvalue weighted by atomic mass is 10.2. The number of carboxylic acids is 1. The van der Waals surface area contributed by atoms with Gasteiger partial charge in [-0.3, -0.25) is 9.69 Å². The van der Waals surface area contributed by atoms with Gasteiger partial charge in [-0.05, 0) is 51.9 Å².